The number of hydrogen-bond acceptors (Lipinski definition) is 3. The molecule has 3 aromatic heterocycles. The summed E-state index contributed by atoms with van der Waals surface area (Å²) in [4.78, 5) is 10.6. The lowest BCUT2D eigenvalue weighted by Crippen LogP contribution is -2.08. The summed E-state index contributed by atoms with van der Waals surface area (Å²) in [6, 6.07) is 6.49. The zero-order valence-corrected chi connectivity index (χ0v) is 13.7. The number of hydrogen-bond donors (Lipinski definition) is 1. The Morgan fingerprint density at radius 1 is 1.30 bits per heavy atom. The molecule has 1 unspecified atom stereocenters. The van der Waals surface area contributed by atoms with Gasteiger partial charge in [-0.3, -0.25) is 4.57 Å². The van der Waals surface area contributed by atoms with Crippen molar-refractivity contribution >= 4 is 34.7 Å². The van der Waals surface area contributed by atoms with Gasteiger partial charge >= 0.3 is 0 Å². The number of nitrogens with zero attached hydrogens (tertiary/aromatic N) is 2. The van der Waals surface area contributed by atoms with Crippen LogP contribution in [0, 0.1) is 25.5 Å². The smallest absolute Gasteiger partial charge is 0.179 e. The fraction of sp³-hybridized carbons (Fsp3) is 0.333. The minimum Gasteiger partial charge on any atom is -0.329 e. The summed E-state index contributed by atoms with van der Waals surface area (Å²) in [5.74, 6) is 0. The number of H-pyrrole nitrogens is 1. The standard InChI is InChI=1S/C15H17N3S2/c1-8-5-6-13-14(16-8)18(15(19)17-13)10(3)12-7-9(2)20-11(12)4/h5-7,10H,1-4H3,(H,17,19). The number of aromatic amines is 1. The molecule has 0 aliphatic carbocycles. The molecule has 5 heteroatoms. The van der Waals surface area contributed by atoms with E-state index in [2.05, 4.69) is 41.4 Å². The van der Waals surface area contributed by atoms with Gasteiger partial charge in [0, 0.05) is 15.4 Å². The van der Waals surface area contributed by atoms with Gasteiger partial charge in [0.15, 0.2) is 10.4 Å². The first-order valence-corrected chi connectivity index (χ1v) is 7.84. The van der Waals surface area contributed by atoms with Gasteiger partial charge in [0.25, 0.3) is 0 Å². The number of aryl methyl sites for hydroxylation is 3. The molecule has 0 aliphatic rings. The zero-order chi connectivity index (χ0) is 14.4. The van der Waals surface area contributed by atoms with E-state index >= 15 is 0 Å². The van der Waals surface area contributed by atoms with Gasteiger partial charge in [-0.2, -0.15) is 0 Å². The van der Waals surface area contributed by atoms with Crippen LogP contribution in [-0.4, -0.2) is 14.5 Å². The second-order valence-corrected chi connectivity index (χ2v) is 7.02. The lowest BCUT2D eigenvalue weighted by molar-refractivity contribution is 0.642. The van der Waals surface area contributed by atoms with E-state index in [1.165, 1.54) is 15.3 Å². The molecule has 0 amide bonds. The van der Waals surface area contributed by atoms with E-state index in [-0.39, 0.29) is 6.04 Å². The van der Waals surface area contributed by atoms with Gasteiger partial charge in [-0.05, 0) is 63.7 Å². The molecule has 3 nitrogen and oxygen atoms in total. The molecule has 20 heavy (non-hydrogen) atoms. The third-order valence-electron chi connectivity index (χ3n) is 3.62. The second-order valence-electron chi connectivity index (χ2n) is 5.17. The van der Waals surface area contributed by atoms with Crippen LogP contribution in [0.15, 0.2) is 18.2 Å². The number of aromatic nitrogens is 3. The van der Waals surface area contributed by atoms with E-state index in [4.69, 9.17) is 12.2 Å². The summed E-state index contributed by atoms with van der Waals surface area (Å²) >= 11 is 7.32. The number of pyridine rings is 1. The van der Waals surface area contributed by atoms with Crippen molar-refractivity contribution in [3.05, 3.63) is 44.0 Å². The Kier molecular flexibility index (Phi) is 3.26. The van der Waals surface area contributed by atoms with Crippen LogP contribution in [0.5, 0.6) is 0 Å². The SMILES string of the molecule is Cc1ccc2[nH]c(=S)n(C(C)c3cc(C)sc3C)c2n1. The Hall–Kier alpha value is -1.46. The zero-order valence-electron chi connectivity index (χ0n) is 12.0. The Morgan fingerprint density at radius 2 is 2.05 bits per heavy atom. The fourth-order valence-electron chi connectivity index (χ4n) is 2.66. The van der Waals surface area contributed by atoms with E-state index in [9.17, 15) is 0 Å². The monoisotopic (exact) mass is 303 g/mol. The third kappa shape index (κ3) is 2.11. The van der Waals surface area contributed by atoms with Crippen molar-refractivity contribution in [2.45, 2.75) is 33.7 Å². The molecule has 3 rings (SSSR count). The quantitative estimate of drug-likeness (QED) is 0.697. The van der Waals surface area contributed by atoms with Gasteiger partial charge < -0.3 is 4.98 Å². The van der Waals surface area contributed by atoms with E-state index in [1.54, 1.807) is 0 Å². The predicted octanol–water partition coefficient (Wildman–Crippen LogP) is 4.69. The topological polar surface area (TPSA) is 33.6 Å². The maximum absolute atomic E-state index is 5.49. The minimum atomic E-state index is 0.190. The Balaban J connectivity index is 2.23. The van der Waals surface area contributed by atoms with Gasteiger partial charge in [0.05, 0.1) is 11.6 Å². The second kappa shape index (κ2) is 4.82. The normalized spacial score (nSPS) is 13.0. The highest BCUT2D eigenvalue weighted by Gasteiger charge is 2.17. The average molecular weight is 303 g/mol. The van der Waals surface area contributed by atoms with Gasteiger partial charge in [-0.25, -0.2) is 4.98 Å². The summed E-state index contributed by atoms with van der Waals surface area (Å²) < 4.78 is 2.85. The Morgan fingerprint density at radius 3 is 2.70 bits per heavy atom. The Bertz CT molecular complexity index is 839. The van der Waals surface area contributed by atoms with Crippen molar-refractivity contribution < 1.29 is 0 Å². The van der Waals surface area contributed by atoms with E-state index in [1.807, 2.05) is 30.4 Å². The summed E-state index contributed by atoms with van der Waals surface area (Å²) in [6.45, 7) is 8.50. The van der Waals surface area contributed by atoms with Crippen LogP contribution in [0.4, 0.5) is 0 Å². The van der Waals surface area contributed by atoms with Crippen LogP contribution in [0.2, 0.25) is 0 Å². The average Bonchev–Trinajstić information content (AvgIpc) is 2.87. The summed E-state index contributed by atoms with van der Waals surface area (Å²) in [6.07, 6.45) is 0. The fourth-order valence-corrected chi connectivity index (χ4v) is 4.03. The number of imidazole rings is 1. The molecule has 0 saturated carbocycles. The highest BCUT2D eigenvalue weighted by molar-refractivity contribution is 7.71. The summed E-state index contributed by atoms with van der Waals surface area (Å²) in [5.41, 5.74) is 4.27. The third-order valence-corrected chi connectivity index (χ3v) is 4.90. The van der Waals surface area contributed by atoms with Crippen molar-refractivity contribution in [1.29, 1.82) is 0 Å². The molecule has 3 aromatic rings. The molecule has 3 heterocycles. The molecule has 0 saturated heterocycles. The van der Waals surface area contributed by atoms with Crippen LogP contribution in [0.1, 0.15) is 34.0 Å². The van der Waals surface area contributed by atoms with Crippen LogP contribution in [-0.2, 0) is 0 Å². The molecular weight excluding hydrogens is 286 g/mol. The molecule has 0 aliphatic heterocycles. The molecule has 0 aromatic carbocycles. The van der Waals surface area contributed by atoms with Crippen LogP contribution in [0.3, 0.4) is 0 Å². The van der Waals surface area contributed by atoms with Crippen molar-refractivity contribution in [3.63, 3.8) is 0 Å². The van der Waals surface area contributed by atoms with Gasteiger partial charge in [0.1, 0.15) is 0 Å². The van der Waals surface area contributed by atoms with Gasteiger partial charge in [-0.15, -0.1) is 11.3 Å². The molecule has 0 spiro atoms. The lowest BCUT2D eigenvalue weighted by Gasteiger charge is -2.14. The lowest BCUT2D eigenvalue weighted by atomic mass is 10.1. The summed E-state index contributed by atoms with van der Waals surface area (Å²) in [7, 11) is 0. The van der Waals surface area contributed by atoms with Crippen LogP contribution in [0.25, 0.3) is 11.2 Å². The molecule has 1 N–H and O–H groups in total. The Labute approximate surface area is 127 Å². The predicted molar refractivity (Wildman–Crippen MR) is 87.3 cm³/mol. The van der Waals surface area contributed by atoms with Crippen molar-refractivity contribution in [1.82, 2.24) is 14.5 Å². The molecule has 104 valence electrons. The molecule has 0 bridgehead atoms. The van der Waals surface area contributed by atoms with Crippen molar-refractivity contribution in [2.24, 2.45) is 0 Å². The largest absolute Gasteiger partial charge is 0.329 e. The van der Waals surface area contributed by atoms with E-state index < -0.39 is 0 Å². The number of rotatable bonds is 2. The highest BCUT2D eigenvalue weighted by atomic mass is 32.1. The first kappa shape index (κ1) is 13.5. The molecule has 0 radical (unpaired) electrons. The summed E-state index contributed by atoms with van der Waals surface area (Å²) in [5, 5.41) is 0. The first-order chi connectivity index (χ1) is 9.47. The maximum Gasteiger partial charge on any atom is 0.179 e. The van der Waals surface area contributed by atoms with Crippen LogP contribution < -0.4 is 0 Å². The van der Waals surface area contributed by atoms with Gasteiger partial charge in [0.2, 0.25) is 0 Å². The number of thiophene rings is 1. The minimum absolute atomic E-state index is 0.190. The van der Waals surface area contributed by atoms with Gasteiger partial charge in [-0.1, -0.05) is 0 Å². The van der Waals surface area contributed by atoms with Crippen LogP contribution >= 0.6 is 23.6 Å². The molecule has 1 atom stereocenters. The van der Waals surface area contributed by atoms with Crippen molar-refractivity contribution in [3.8, 4) is 0 Å². The molecule has 0 fully saturated rings. The molecular formula is C15H17N3S2. The van der Waals surface area contributed by atoms with Crippen molar-refractivity contribution in [2.75, 3.05) is 0 Å². The maximum atomic E-state index is 5.49. The first-order valence-electron chi connectivity index (χ1n) is 6.62. The number of nitrogens with one attached hydrogen (secondary N) is 1. The number of fused-ring (bicyclic) bond motifs is 1. The van der Waals surface area contributed by atoms with E-state index in [0.717, 1.165) is 21.6 Å². The van der Waals surface area contributed by atoms with E-state index in [0.29, 0.717) is 0 Å². The highest BCUT2D eigenvalue weighted by Crippen LogP contribution is 2.30.